The van der Waals surface area contributed by atoms with Crippen molar-refractivity contribution >= 4 is 0 Å². The molecule has 0 aliphatic carbocycles. The number of aliphatic hydroxyl groups is 1. The van der Waals surface area contributed by atoms with Crippen molar-refractivity contribution in [2.24, 2.45) is 0 Å². The highest BCUT2D eigenvalue weighted by atomic mass is 16.3. The molecule has 64 valence electrons. The minimum atomic E-state index is -0.00125. The maximum absolute atomic E-state index is 9.51. The Balaban J connectivity index is 2.19. The van der Waals surface area contributed by atoms with Crippen LogP contribution < -0.4 is 0 Å². The molecule has 2 heterocycles. The van der Waals surface area contributed by atoms with Crippen LogP contribution in [0.15, 0.2) is 0 Å². The van der Waals surface area contributed by atoms with Gasteiger partial charge in [0.2, 0.25) is 0 Å². The zero-order chi connectivity index (χ0) is 8.06. The lowest BCUT2D eigenvalue weighted by Gasteiger charge is -2.42. The predicted octanol–water partition coefficient (Wildman–Crippen LogP) is 0.748. The Hall–Kier alpha value is -0.0800. The highest BCUT2D eigenvalue weighted by molar-refractivity contribution is 4.84. The van der Waals surface area contributed by atoms with Crippen LogP contribution in [-0.2, 0) is 0 Å². The van der Waals surface area contributed by atoms with Gasteiger partial charge in [-0.15, -0.1) is 0 Å². The smallest absolute Gasteiger partial charge is 0.0915 e. The molecule has 11 heavy (non-hydrogen) atoms. The van der Waals surface area contributed by atoms with E-state index in [0.717, 1.165) is 29.4 Å². The van der Waals surface area contributed by atoms with Crippen molar-refractivity contribution in [1.82, 2.24) is 0 Å². The molecule has 2 heteroatoms. The van der Waals surface area contributed by atoms with Crippen LogP contribution in [0.25, 0.3) is 0 Å². The number of fused-ring (bicyclic) bond motifs is 2. The maximum Gasteiger partial charge on any atom is 0.0915 e. The Morgan fingerprint density at radius 3 is 2.00 bits per heavy atom. The number of piperidine rings is 1. The second kappa shape index (κ2) is 2.20. The first-order valence-electron chi connectivity index (χ1n) is 4.62. The number of hydrogen-bond donors (Lipinski definition) is 1. The molecule has 0 spiro atoms. The van der Waals surface area contributed by atoms with Crippen molar-refractivity contribution < 1.29 is 9.59 Å². The number of rotatable bonds is 0. The molecule has 2 fully saturated rings. The van der Waals surface area contributed by atoms with E-state index in [9.17, 15) is 5.11 Å². The molecule has 0 aromatic carbocycles. The molecule has 2 aliphatic heterocycles. The Morgan fingerprint density at radius 1 is 1.09 bits per heavy atom. The summed E-state index contributed by atoms with van der Waals surface area (Å²) in [5, 5.41) is 9.51. The van der Waals surface area contributed by atoms with Gasteiger partial charge in [-0.25, -0.2) is 0 Å². The first-order valence-corrected chi connectivity index (χ1v) is 4.62. The van der Waals surface area contributed by atoms with Crippen molar-refractivity contribution in [3.8, 4) is 0 Å². The van der Waals surface area contributed by atoms with E-state index in [0.29, 0.717) is 0 Å². The molecule has 2 unspecified atom stereocenters. The van der Waals surface area contributed by atoms with E-state index in [1.807, 2.05) is 0 Å². The molecule has 0 radical (unpaired) electrons. The van der Waals surface area contributed by atoms with E-state index in [-0.39, 0.29) is 6.10 Å². The molecule has 2 rings (SSSR count). The molecular weight excluding hydrogens is 138 g/mol. The van der Waals surface area contributed by atoms with E-state index in [4.69, 9.17) is 0 Å². The molecule has 2 nitrogen and oxygen atoms in total. The molecule has 2 bridgehead atoms. The number of nitrogens with zero attached hydrogens (tertiary/aromatic N) is 1. The van der Waals surface area contributed by atoms with E-state index in [2.05, 4.69) is 14.1 Å². The van der Waals surface area contributed by atoms with Gasteiger partial charge in [0.15, 0.2) is 0 Å². The first kappa shape index (κ1) is 7.56. The van der Waals surface area contributed by atoms with Crippen molar-refractivity contribution in [2.45, 2.75) is 43.9 Å². The van der Waals surface area contributed by atoms with Crippen LogP contribution in [0.5, 0.6) is 0 Å². The summed E-state index contributed by atoms with van der Waals surface area (Å²) >= 11 is 0. The predicted molar refractivity (Wildman–Crippen MR) is 44.2 cm³/mol. The van der Waals surface area contributed by atoms with Gasteiger partial charge >= 0.3 is 0 Å². The summed E-state index contributed by atoms with van der Waals surface area (Å²) in [4.78, 5) is 0. The van der Waals surface area contributed by atoms with E-state index >= 15 is 0 Å². The summed E-state index contributed by atoms with van der Waals surface area (Å²) in [7, 11) is 4.63. The molecule has 1 N–H and O–H groups in total. The van der Waals surface area contributed by atoms with E-state index in [1.54, 1.807) is 0 Å². The van der Waals surface area contributed by atoms with E-state index in [1.165, 1.54) is 12.8 Å². The largest absolute Gasteiger partial charge is 0.393 e. The van der Waals surface area contributed by atoms with Crippen LogP contribution in [0.1, 0.15) is 25.7 Å². The summed E-state index contributed by atoms with van der Waals surface area (Å²) in [5.74, 6) is 0. The molecule has 2 aliphatic rings. The fraction of sp³-hybridized carbons (Fsp3) is 1.00. The SMILES string of the molecule is C[N+]1(C)C2CCC1CC(O)C2. The zero-order valence-electron chi connectivity index (χ0n) is 7.45. The number of hydrogen-bond acceptors (Lipinski definition) is 1. The summed E-state index contributed by atoms with van der Waals surface area (Å²) < 4.78 is 1.16. The maximum atomic E-state index is 9.51. The lowest BCUT2D eigenvalue weighted by molar-refractivity contribution is -0.931. The van der Waals surface area contributed by atoms with Gasteiger partial charge in [0, 0.05) is 25.7 Å². The van der Waals surface area contributed by atoms with Crippen LogP contribution in [0.3, 0.4) is 0 Å². The third kappa shape index (κ3) is 1.00. The fourth-order valence-corrected chi connectivity index (χ4v) is 2.85. The monoisotopic (exact) mass is 156 g/mol. The Kier molecular flexibility index (Phi) is 1.52. The van der Waals surface area contributed by atoms with Crippen molar-refractivity contribution in [1.29, 1.82) is 0 Å². The van der Waals surface area contributed by atoms with Gasteiger partial charge in [0.05, 0.1) is 32.3 Å². The number of aliphatic hydroxyl groups excluding tert-OH is 1. The standard InChI is InChI=1S/C9H18NO/c1-10(2)7-3-4-8(10)6-9(11)5-7/h7-9,11H,3-6H2,1-2H3/q+1. The summed E-state index contributed by atoms with van der Waals surface area (Å²) in [6.07, 6.45) is 4.72. The topological polar surface area (TPSA) is 20.2 Å². The van der Waals surface area contributed by atoms with Crippen molar-refractivity contribution in [2.75, 3.05) is 14.1 Å². The normalized spacial score (nSPS) is 47.7. The molecule has 2 saturated heterocycles. The average Bonchev–Trinajstić information content (AvgIpc) is 2.19. The Labute approximate surface area is 68.4 Å². The van der Waals surface area contributed by atoms with Gasteiger partial charge in [0.1, 0.15) is 0 Å². The van der Waals surface area contributed by atoms with Crippen molar-refractivity contribution in [3.63, 3.8) is 0 Å². The zero-order valence-corrected chi connectivity index (χ0v) is 7.45. The Morgan fingerprint density at radius 2 is 1.55 bits per heavy atom. The van der Waals surface area contributed by atoms with Crippen LogP contribution in [-0.4, -0.2) is 41.9 Å². The van der Waals surface area contributed by atoms with Gasteiger partial charge in [-0.3, -0.25) is 0 Å². The van der Waals surface area contributed by atoms with E-state index < -0.39 is 0 Å². The first-order chi connectivity index (χ1) is 5.10. The summed E-state index contributed by atoms with van der Waals surface area (Å²) in [6.45, 7) is 0. The van der Waals surface area contributed by atoms with Gasteiger partial charge in [0.25, 0.3) is 0 Å². The molecule has 2 atom stereocenters. The van der Waals surface area contributed by atoms with Crippen LogP contribution in [0.2, 0.25) is 0 Å². The van der Waals surface area contributed by atoms with Crippen molar-refractivity contribution in [3.05, 3.63) is 0 Å². The third-order valence-corrected chi connectivity index (χ3v) is 3.80. The molecule has 0 amide bonds. The summed E-state index contributed by atoms with van der Waals surface area (Å²) in [5.41, 5.74) is 0. The second-order valence-electron chi connectivity index (χ2n) is 4.64. The fourth-order valence-electron chi connectivity index (χ4n) is 2.85. The van der Waals surface area contributed by atoms with Crippen LogP contribution in [0.4, 0.5) is 0 Å². The van der Waals surface area contributed by atoms with Gasteiger partial charge in [-0.1, -0.05) is 0 Å². The average molecular weight is 156 g/mol. The van der Waals surface area contributed by atoms with Gasteiger partial charge < -0.3 is 9.59 Å². The lowest BCUT2D eigenvalue weighted by atomic mass is 9.98. The molecule has 0 saturated carbocycles. The Bertz CT molecular complexity index is 151. The molecule has 0 aromatic rings. The molecule has 0 aromatic heterocycles. The highest BCUT2D eigenvalue weighted by Gasteiger charge is 2.48. The minimum Gasteiger partial charge on any atom is -0.393 e. The lowest BCUT2D eigenvalue weighted by Crippen LogP contribution is -2.55. The highest BCUT2D eigenvalue weighted by Crippen LogP contribution is 2.39. The molecular formula is C9H18NO+. The second-order valence-corrected chi connectivity index (χ2v) is 4.64. The van der Waals surface area contributed by atoms with Crippen LogP contribution in [0, 0.1) is 0 Å². The summed E-state index contributed by atoms with van der Waals surface area (Å²) in [6, 6.07) is 1.48. The quantitative estimate of drug-likeness (QED) is 0.513. The van der Waals surface area contributed by atoms with Gasteiger partial charge in [-0.05, 0) is 0 Å². The van der Waals surface area contributed by atoms with Crippen LogP contribution >= 0.6 is 0 Å². The minimum absolute atomic E-state index is 0.00125. The number of quaternary nitrogens is 1. The third-order valence-electron chi connectivity index (χ3n) is 3.80. The van der Waals surface area contributed by atoms with Gasteiger partial charge in [-0.2, -0.15) is 0 Å².